The van der Waals surface area contributed by atoms with Gasteiger partial charge in [0.1, 0.15) is 0 Å². The molecule has 0 radical (unpaired) electrons. The van der Waals surface area contributed by atoms with Crippen LogP contribution in [0.4, 0.5) is 0 Å². The van der Waals surface area contributed by atoms with E-state index in [2.05, 4.69) is 0 Å². The summed E-state index contributed by atoms with van der Waals surface area (Å²) >= 11 is 0. The van der Waals surface area contributed by atoms with Crippen molar-refractivity contribution in [1.82, 2.24) is 4.90 Å². The Kier molecular flexibility index (Phi) is 8.65. The minimum absolute atomic E-state index is 0.176. The van der Waals surface area contributed by atoms with E-state index in [1.54, 1.807) is 38.3 Å². The van der Waals surface area contributed by atoms with E-state index in [1.165, 1.54) is 0 Å². The summed E-state index contributed by atoms with van der Waals surface area (Å²) in [6.07, 6.45) is 0. The molecule has 30 heavy (non-hydrogen) atoms. The van der Waals surface area contributed by atoms with E-state index < -0.39 is 0 Å². The molecular formula is C23H31NO6. The first-order valence-electron chi connectivity index (χ1n) is 10.0. The molecule has 7 heteroatoms. The molecule has 0 aliphatic rings. The number of amides is 1. The van der Waals surface area contributed by atoms with Crippen LogP contribution in [0.15, 0.2) is 30.3 Å². The summed E-state index contributed by atoms with van der Waals surface area (Å²) in [7, 11) is 4.90. The van der Waals surface area contributed by atoms with E-state index in [1.807, 2.05) is 39.0 Å². The molecule has 7 nitrogen and oxygen atoms in total. The zero-order valence-corrected chi connectivity index (χ0v) is 18.6. The lowest BCUT2D eigenvalue weighted by atomic mass is 10.1. The molecule has 0 fully saturated rings. The maximum absolute atomic E-state index is 13.2. The smallest absolute Gasteiger partial charge is 0.254 e. The summed E-state index contributed by atoms with van der Waals surface area (Å²) in [4.78, 5) is 14.8. The number of hydrogen-bond donors (Lipinski definition) is 0. The van der Waals surface area contributed by atoms with Gasteiger partial charge in [0, 0.05) is 24.7 Å². The van der Waals surface area contributed by atoms with Crippen molar-refractivity contribution in [3.8, 4) is 28.7 Å². The summed E-state index contributed by atoms with van der Waals surface area (Å²) in [5.41, 5.74) is 1.29. The Labute approximate surface area is 178 Å². The number of rotatable bonds is 11. The van der Waals surface area contributed by atoms with E-state index in [4.69, 9.17) is 23.7 Å². The van der Waals surface area contributed by atoms with Crippen molar-refractivity contribution in [2.45, 2.75) is 27.3 Å². The van der Waals surface area contributed by atoms with Crippen LogP contribution in [0, 0.1) is 0 Å². The van der Waals surface area contributed by atoms with Crippen molar-refractivity contribution in [2.24, 2.45) is 0 Å². The third kappa shape index (κ3) is 5.28. The minimum atomic E-state index is -0.176. The molecular weight excluding hydrogens is 386 g/mol. The van der Waals surface area contributed by atoms with E-state index in [0.717, 1.165) is 5.56 Å². The van der Waals surface area contributed by atoms with Gasteiger partial charge >= 0.3 is 0 Å². The zero-order valence-electron chi connectivity index (χ0n) is 18.6. The first-order valence-corrected chi connectivity index (χ1v) is 10.0. The second-order valence-corrected chi connectivity index (χ2v) is 6.41. The topological polar surface area (TPSA) is 66.5 Å². The highest BCUT2D eigenvalue weighted by Gasteiger charge is 2.21. The Balaban J connectivity index is 2.37. The number of nitrogens with zero attached hydrogens (tertiary/aromatic N) is 1. The van der Waals surface area contributed by atoms with Gasteiger partial charge in [-0.1, -0.05) is 12.1 Å². The van der Waals surface area contributed by atoms with Gasteiger partial charge in [0.15, 0.2) is 23.0 Å². The molecule has 0 aliphatic carbocycles. The third-order valence-corrected chi connectivity index (χ3v) is 4.39. The van der Waals surface area contributed by atoms with Crippen molar-refractivity contribution >= 4 is 5.91 Å². The summed E-state index contributed by atoms with van der Waals surface area (Å²) in [6.45, 7) is 7.35. The molecule has 0 N–H and O–H groups in total. The monoisotopic (exact) mass is 417 g/mol. The van der Waals surface area contributed by atoms with Gasteiger partial charge in [0.05, 0.1) is 34.0 Å². The van der Waals surface area contributed by atoms with Gasteiger partial charge in [-0.15, -0.1) is 0 Å². The van der Waals surface area contributed by atoms with E-state index >= 15 is 0 Å². The highest BCUT2D eigenvalue weighted by molar-refractivity contribution is 5.95. The van der Waals surface area contributed by atoms with Crippen molar-refractivity contribution in [2.75, 3.05) is 41.1 Å². The quantitative estimate of drug-likeness (QED) is 0.547. The largest absolute Gasteiger partial charge is 0.493 e. The number of methoxy groups -OCH3 is 2. The number of carbonyl (C=O) groups is 1. The Bertz CT molecular complexity index is 825. The van der Waals surface area contributed by atoms with Gasteiger partial charge in [-0.25, -0.2) is 0 Å². The fourth-order valence-corrected chi connectivity index (χ4v) is 3.14. The number of benzene rings is 2. The average Bonchev–Trinajstić information content (AvgIpc) is 2.75. The Hall–Kier alpha value is -3.09. The molecule has 2 aromatic carbocycles. The van der Waals surface area contributed by atoms with Crippen LogP contribution in [0.2, 0.25) is 0 Å². The summed E-state index contributed by atoms with van der Waals surface area (Å²) in [5.74, 6) is 2.53. The van der Waals surface area contributed by atoms with Crippen molar-refractivity contribution in [3.05, 3.63) is 41.5 Å². The molecule has 0 aliphatic heterocycles. The van der Waals surface area contributed by atoms with Crippen molar-refractivity contribution < 1.29 is 28.5 Å². The summed E-state index contributed by atoms with van der Waals surface area (Å²) < 4.78 is 28.0. The molecule has 0 aromatic heterocycles. The van der Waals surface area contributed by atoms with Crippen LogP contribution >= 0.6 is 0 Å². The fraction of sp³-hybridized carbons (Fsp3) is 0.435. The van der Waals surface area contributed by atoms with E-state index in [0.29, 0.717) is 60.7 Å². The van der Waals surface area contributed by atoms with Crippen LogP contribution in [0.5, 0.6) is 28.7 Å². The molecule has 2 aromatic rings. The van der Waals surface area contributed by atoms with Gasteiger partial charge in [0.2, 0.25) is 5.75 Å². The number of carbonyl (C=O) groups excluding carboxylic acids is 1. The Morgan fingerprint density at radius 1 is 0.833 bits per heavy atom. The standard InChI is InChI=1S/C23H31NO6/c1-7-28-19-13-17(14-20(29-8-2)22(19)30-9-3)23(25)24(4)15-16-11-10-12-18(26-5)21(16)27-6/h10-14H,7-9,15H2,1-6H3. The van der Waals surface area contributed by atoms with Crippen LogP contribution in [0.1, 0.15) is 36.7 Å². The first kappa shape index (κ1) is 23.2. The van der Waals surface area contributed by atoms with Gasteiger partial charge in [-0.05, 0) is 39.0 Å². The maximum Gasteiger partial charge on any atom is 0.254 e. The predicted octanol–water partition coefficient (Wildman–Crippen LogP) is 4.17. The first-order chi connectivity index (χ1) is 14.5. The predicted molar refractivity (Wildman–Crippen MR) is 115 cm³/mol. The lowest BCUT2D eigenvalue weighted by Crippen LogP contribution is -2.26. The van der Waals surface area contributed by atoms with Crippen LogP contribution in [0.25, 0.3) is 0 Å². The number of para-hydroxylation sites is 1. The molecule has 164 valence electrons. The number of hydrogen-bond acceptors (Lipinski definition) is 6. The summed E-state index contributed by atoms with van der Waals surface area (Å²) in [6, 6.07) is 8.98. The normalized spacial score (nSPS) is 10.3. The lowest BCUT2D eigenvalue weighted by Gasteiger charge is -2.22. The highest BCUT2D eigenvalue weighted by Crippen LogP contribution is 2.39. The molecule has 2 rings (SSSR count). The van der Waals surface area contributed by atoms with Gasteiger partial charge in [0.25, 0.3) is 5.91 Å². The third-order valence-electron chi connectivity index (χ3n) is 4.39. The van der Waals surface area contributed by atoms with Crippen molar-refractivity contribution in [3.63, 3.8) is 0 Å². The molecule has 1 amide bonds. The molecule has 0 saturated carbocycles. The minimum Gasteiger partial charge on any atom is -0.493 e. The highest BCUT2D eigenvalue weighted by atomic mass is 16.5. The second kappa shape index (κ2) is 11.2. The second-order valence-electron chi connectivity index (χ2n) is 6.41. The SMILES string of the molecule is CCOc1cc(C(=O)N(C)Cc2cccc(OC)c2OC)cc(OCC)c1OCC. The van der Waals surface area contributed by atoms with E-state index in [9.17, 15) is 4.79 Å². The van der Waals surface area contributed by atoms with Crippen LogP contribution in [0.3, 0.4) is 0 Å². The molecule has 0 saturated heterocycles. The van der Waals surface area contributed by atoms with Gasteiger partial charge in [-0.2, -0.15) is 0 Å². The molecule has 0 atom stereocenters. The zero-order chi connectivity index (χ0) is 22.1. The van der Waals surface area contributed by atoms with Crippen LogP contribution in [-0.4, -0.2) is 51.9 Å². The average molecular weight is 418 g/mol. The van der Waals surface area contributed by atoms with Crippen molar-refractivity contribution in [1.29, 1.82) is 0 Å². The van der Waals surface area contributed by atoms with Gasteiger partial charge in [-0.3, -0.25) is 4.79 Å². The van der Waals surface area contributed by atoms with Gasteiger partial charge < -0.3 is 28.6 Å². The molecule has 0 bridgehead atoms. The number of ether oxygens (including phenoxy) is 5. The van der Waals surface area contributed by atoms with Crippen LogP contribution < -0.4 is 23.7 Å². The molecule has 0 spiro atoms. The lowest BCUT2D eigenvalue weighted by molar-refractivity contribution is 0.0783. The van der Waals surface area contributed by atoms with Crippen LogP contribution in [-0.2, 0) is 6.54 Å². The molecule has 0 unspecified atom stereocenters. The Morgan fingerprint density at radius 3 is 1.93 bits per heavy atom. The van der Waals surface area contributed by atoms with E-state index in [-0.39, 0.29) is 5.91 Å². The molecule has 0 heterocycles. The summed E-state index contributed by atoms with van der Waals surface area (Å²) in [5, 5.41) is 0. The maximum atomic E-state index is 13.2. The fourth-order valence-electron chi connectivity index (χ4n) is 3.14. The Morgan fingerprint density at radius 2 is 1.43 bits per heavy atom.